The molecule has 0 saturated carbocycles. The Kier molecular flexibility index (Phi) is 7.34. The molecule has 3 nitrogen and oxygen atoms in total. The van der Waals surface area contributed by atoms with E-state index < -0.39 is 0 Å². The lowest BCUT2D eigenvalue weighted by atomic mass is 9.93. The van der Waals surface area contributed by atoms with E-state index in [4.69, 9.17) is 15.0 Å². The van der Waals surface area contributed by atoms with Gasteiger partial charge in [0.15, 0.2) is 17.5 Å². The smallest absolute Gasteiger partial charge is 0.165 e. The Morgan fingerprint density at radius 1 is 0.286 bits per heavy atom. The van der Waals surface area contributed by atoms with E-state index in [-0.39, 0.29) is 0 Å². The monoisotopic (exact) mass is 643 g/mol. The minimum absolute atomic E-state index is 0.651. The van der Waals surface area contributed by atoms with Gasteiger partial charge < -0.3 is 0 Å². The van der Waals surface area contributed by atoms with Crippen LogP contribution in [-0.4, -0.2) is 15.0 Å². The highest BCUT2D eigenvalue weighted by Crippen LogP contribution is 2.40. The predicted octanol–water partition coefficient (Wildman–Crippen LogP) is 12.2. The number of fused-ring (bicyclic) bond motifs is 3. The van der Waals surface area contributed by atoms with Gasteiger partial charge in [0.05, 0.1) is 0 Å². The lowest BCUT2D eigenvalue weighted by molar-refractivity contribution is 1.08. The van der Waals surface area contributed by atoms with Crippen molar-refractivity contribution in [3.05, 3.63) is 176 Å². The van der Waals surface area contributed by atoms with Crippen LogP contribution in [-0.2, 0) is 0 Å². The van der Waals surface area contributed by atoms with Gasteiger partial charge in [-0.25, -0.2) is 15.0 Å². The van der Waals surface area contributed by atoms with Crippen LogP contribution < -0.4 is 0 Å². The second-order valence-corrected chi connectivity index (χ2v) is 13.1. The summed E-state index contributed by atoms with van der Waals surface area (Å²) in [5.74, 6) is 1.99. The van der Waals surface area contributed by atoms with Gasteiger partial charge in [0.1, 0.15) is 0 Å². The number of rotatable bonds is 6. The number of thiophene rings is 1. The van der Waals surface area contributed by atoms with Crippen LogP contribution in [0.25, 0.3) is 87.7 Å². The SMILES string of the molecule is c1ccc(-c2ccc(-c3ccccc3-c3ccc(-c4nc(-c5ccccc5)nc(-c5cccc6c5sc5ccccc56)n4)cc3)cc2)cc1. The van der Waals surface area contributed by atoms with E-state index in [1.807, 2.05) is 24.3 Å². The van der Waals surface area contributed by atoms with Crippen molar-refractivity contribution in [1.29, 1.82) is 0 Å². The van der Waals surface area contributed by atoms with Crippen molar-refractivity contribution in [1.82, 2.24) is 15.0 Å². The van der Waals surface area contributed by atoms with E-state index in [0.717, 1.165) is 22.3 Å². The van der Waals surface area contributed by atoms with E-state index >= 15 is 0 Å². The fraction of sp³-hybridized carbons (Fsp3) is 0. The van der Waals surface area contributed by atoms with Crippen LogP contribution >= 0.6 is 11.3 Å². The third-order valence-corrected chi connectivity index (χ3v) is 10.2. The molecule has 4 heteroatoms. The highest BCUT2D eigenvalue weighted by atomic mass is 32.1. The molecular formula is C45H29N3S. The molecule has 0 atom stereocenters. The standard InChI is InChI=1S/C45H29N3S/c1-3-12-30(13-4-1)31-22-24-32(25-23-31)36-16-7-8-17-37(36)33-26-28-35(29-27-33)44-46-43(34-14-5-2-6-15-34)47-45(48-44)40-20-11-19-39-38-18-9-10-21-41(38)49-42(39)40/h1-29H. The van der Waals surface area contributed by atoms with Crippen molar-refractivity contribution in [2.75, 3.05) is 0 Å². The molecule has 9 aromatic rings. The molecule has 7 aromatic carbocycles. The number of benzene rings is 7. The summed E-state index contributed by atoms with van der Waals surface area (Å²) >= 11 is 1.78. The summed E-state index contributed by atoms with van der Waals surface area (Å²) < 4.78 is 2.44. The molecule has 0 spiro atoms. The molecule has 0 aliphatic heterocycles. The van der Waals surface area contributed by atoms with Gasteiger partial charge >= 0.3 is 0 Å². The van der Waals surface area contributed by atoms with Crippen LogP contribution in [0.2, 0.25) is 0 Å². The first-order valence-electron chi connectivity index (χ1n) is 16.4. The summed E-state index contributed by atoms with van der Waals surface area (Å²) in [5.41, 5.74) is 10.0. The topological polar surface area (TPSA) is 38.7 Å². The number of aromatic nitrogens is 3. The lowest BCUT2D eigenvalue weighted by Gasteiger charge is -2.12. The molecule has 49 heavy (non-hydrogen) atoms. The largest absolute Gasteiger partial charge is 0.208 e. The minimum Gasteiger partial charge on any atom is -0.208 e. The van der Waals surface area contributed by atoms with E-state index in [1.165, 1.54) is 48.0 Å². The summed E-state index contributed by atoms with van der Waals surface area (Å²) in [7, 11) is 0. The summed E-state index contributed by atoms with van der Waals surface area (Å²) in [4.78, 5) is 15.1. The summed E-state index contributed by atoms with van der Waals surface area (Å²) in [6.45, 7) is 0. The van der Waals surface area contributed by atoms with Gasteiger partial charge in [-0.15, -0.1) is 11.3 Å². The zero-order valence-electron chi connectivity index (χ0n) is 26.5. The normalized spacial score (nSPS) is 11.3. The summed E-state index contributed by atoms with van der Waals surface area (Å²) in [6.07, 6.45) is 0. The number of hydrogen-bond acceptors (Lipinski definition) is 4. The van der Waals surface area contributed by atoms with Gasteiger partial charge in [0, 0.05) is 36.9 Å². The molecule has 0 bridgehead atoms. The molecule has 0 aliphatic rings. The maximum Gasteiger partial charge on any atom is 0.165 e. The van der Waals surface area contributed by atoms with Crippen LogP contribution in [0.3, 0.4) is 0 Å². The van der Waals surface area contributed by atoms with Gasteiger partial charge in [-0.1, -0.05) is 164 Å². The Hall–Kier alpha value is -6.23. The average Bonchev–Trinajstić information content (AvgIpc) is 3.58. The lowest BCUT2D eigenvalue weighted by Crippen LogP contribution is -2.00. The van der Waals surface area contributed by atoms with E-state index in [1.54, 1.807) is 11.3 Å². The van der Waals surface area contributed by atoms with E-state index in [2.05, 4.69) is 152 Å². The van der Waals surface area contributed by atoms with E-state index in [9.17, 15) is 0 Å². The fourth-order valence-corrected chi connectivity index (χ4v) is 7.74. The Balaban J connectivity index is 1.11. The Labute approximate surface area is 288 Å². The maximum absolute atomic E-state index is 5.10. The molecule has 0 saturated heterocycles. The number of nitrogens with zero attached hydrogens (tertiary/aromatic N) is 3. The van der Waals surface area contributed by atoms with Crippen molar-refractivity contribution in [2.45, 2.75) is 0 Å². The van der Waals surface area contributed by atoms with Crippen LogP contribution in [0.4, 0.5) is 0 Å². The average molecular weight is 644 g/mol. The second-order valence-electron chi connectivity index (χ2n) is 12.0. The van der Waals surface area contributed by atoms with Crippen LogP contribution in [0.15, 0.2) is 176 Å². The predicted molar refractivity (Wildman–Crippen MR) is 205 cm³/mol. The van der Waals surface area contributed by atoms with Crippen LogP contribution in [0, 0.1) is 0 Å². The fourth-order valence-electron chi connectivity index (χ4n) is 6.52. The number of hydrogen-bond donors (Lipinski definition) is 0. The summed E-state index contributed by atoms with van der Waals surface area (Å²) in [5, 5.41) is 2.48. The highest BCUT2D eigenvalue weighted by Gasteiger charge is 2.17. The molecule has 0 aliphatic carbocycles. The van der Waals surface area contributed by atoms with E-state index in [0.29, 0.717) is 17.5 Å². The third-order valence-electron chi connectivity index (χ3n) is 9.00. The first-order valence-corrected chi connectivity index (χ1v) is 17.2. The van der Waals surface area contributed by atoms with Gasteiger partial charge in [-0.2, -0.15) is 0 Å². The van der Waals surface area contributed by atoms with Crippen molar-refractivity contribution >= 4 is 31.5 Å². The van der Waals surface area contributed by atoms with Gasteiger partial charge in [0.25, 0.3) is 0 Å². The zero-order chi connectivity index (χ0) is 32.6. The molecule has 2 heterocycles. The quantitative estimate of drug-likeness (QED) is 0.181. The van der Waals surface area contributed by atoms with Crippen molar-refractivity contribution in [3.8, 4) is 67.5 Å². The minimum atomic E-state index is 0.651. The maximum atomic E-state index is 5.10. The van der Waals surface area contributed by atoms with Crippen LogP contribution in [0.5, 0.6) is 0 Å². The van der Waals surface area contributed by atoms with Gasteiger partial charge in [-0.3, -0.25) is 0 Å². The molecule has 0 fully saturated rings. The van der Waals surface area contributed by atoms with Gasteiger partial charge in [-0.05, 0) is 45.5 Å². The Morgan fingerprint density at radius 3 is 1.37 bits per heavy atom. The first kappa shape index (κ1) is 29.0. The molecule has 0 amide bonds. The Bertz CT molecular complexity index is 2570. The molecule has 0 radical (unpaired) electrons. The van der Waals surface area contributed by atoms with Crippen molar-refractivity contribution in [2.24, 2.45) is 0 Å². The molecule has 9 rings (SSSR count). The molecule has 2 aromatic heterocycles. The summed E-state index contributed by atoms with van der Waals surface area (Å²) in [6, 6.07) is 61.6. The molecule has 0 N–H and O–H groups in total. The molecule has 0 unspecified atom stereocenters. The first-order chi connectivity index (χ1) is 24.3. The van der Waals surface area contributed by atoms with Crippen molar-refractivity contribution in [3.63, 3.8) is 0 Å². The van der Waals surface area contributed by atoms with Crippen LogP contribution in [0.1, 0.15) is 0 Å². The van der Waals surface area contributed by atoms with Gasteiger partial charge in [0.2, 0.25) is 0 Å². The molecule has 230 valence electrons. The molecular weight excluding hydrogens is 615 g/mol. The van der Waals surface area contributed by atoms with Crippen molar-refractivity contribution < 1.29 is 0 Å². The highest BCUT2D eigenvalue weighted by molar-refractivity contribution is 7.26. The Morgan fingerprint density at radius 2 is 0.714 bits per heavy atom. The third kappa shape index (κ3) is 5.48. The second kappa shape index (κ2) is 12.4. The zero-order valence-corrected chi connectivity index (χ0v) is 27.3.